The van der Waals surface area contributed by atoms with Crippen molar-refractivity contribution in [3.63, 3.8) is 0 Å². The van der Waals surface area contributed by atoms with Gasteiger partial charge < -0.3 is 39.7 Å². The molecule has 220 valence electrons. The lowest BCUT2D eigenvalue weighted by Crippen LogP contribution is -2.52. The molecular formula is C27H36N2O11. The van der Waals surface area contributed by atoms with Gasteiger partial charge in [0.15, 0.2) is 6.10 Å². The van der Waals surface area contributed by atoms with E-state index in [0.29, 0.717) is 31.2 Å². The molecule has 1 aromatic carbocycles. The minimum Gasteiger partial charge on any atom is -0.479 e. The highest BCUT2D eigenvalue weighted by Crippen LogP contribution is 2.28. The standard InChI is InChI=1S/C27H36N2O11/c1-17(31)38-16-19-14-18(6-3-4-11-28-23(33)10-12-29(2)24(34)7-5-13-30)8-9-21(19)39-27-25(35)20(32)15-22(40-27)26(36)37/h5,7-9,13-14,20,22,25,27,32,35H,3-4,6,10-12,15-16H2,1-2H3,(H,28,33)(H,36,37)/b7-5-/t20?,22?,25-,27?/m1/s1. The number of rotatable bonds is 15. The molecule has 1 heterocycles. The second-order valence-electron chi connectivity index (χ2n) is 9.28. The van der Waals surface area contributed by atoms with Gasteiger partial charge in [-0.1, -0.05) is 6.07 Å². The number of ether oxygens (including phenoxy) is 3. The molecule has 13 nitrogen and oxygen atoms in total. The fraction of sp³-hybridized carbons (Fsp3) is 0.519. The highest BCUT2D eigenvalue weighted by atomic mass is 16.7. The zero-order valence-corrected chi connectivity index (χ0v) is 22.5. The Morgan fingerprint density at radius 2 is 1.95 bits per heavy atom. The van der Waals surface area contributed by atoms with Gasteiger partial charge in [-0.25, -0.2) is 4.79 Å². The first kappa shape index (κ1) is 32.4. The number of esters is 1. The summed E-state index contributed by atoms with van der Waals surface area (Å²) in [4.78, 5) is 58.1. The van der Waals surface area contributed by atoms with E-state index in [4.69, 9.17) is 14.2 Å². The van der Waals surface area contributed by atoms with Gasteiger partial charge in [0, 0.05) is 51.5 Å². The molecule has 1 aliphatic rings. The second kappa shape index (κ2) is 16.3. The van der Waals surface area contributed by atoms with E-state index >= 15 is 0 Å². The van der Waals surface area contributed by atoms with E-state index in [1.165, 1.54) is 18.9 Å². The average Bonchev–Trinajstić information content (AvgIpc) is 2.91. The van der Waals surface area contributed by atoms with E-state index in [-0.39, 0.29) is 43.6 Å². The second-order valence-corrected chi connectivity index (χ2v) is 9.28. The minimum atomic E-state index is -1.48. The van der Waals surface area contributed by atoms with Crippen molar-refractivity contribution in [1.29, 1.82) is 0 Å². The van der Waals surface area contributed by atoms with Gasteiger partial charge in [-0.15, -0.1) is 0 Å². The van der Waals surface area contributed by atoms with Crippen LogP contribution in [0.1, 0.15) is 43.7 Å². The quantitative estimate of drug-likeness (QED) is 0.0978. The summed E-state index contributed by atoms with van der Waals surface area (Å²) in [5, 5.41) is 32.3. The van der Waals surface area contributed by atoms with Crippen molar-refractivity contribution in [2.24, 2.45) is 0 Å². The summed E-state index contributed by atoms with van der Waals surface area (Å²) in [7, 11) is 1.54. The highest BCUT2D eigenvalue weighted by Gasteiger charge is 2.41. The van der Waals surface area contributed by atoms with Crippen LogP contribution < -0.4 is 10.1 Å². The maximum atomic E-state index is 12.0. The minimum absolute atomic E-state index is 0.127. The molecule has 2 rings (SSSR count). The van der Waals surface area contributed by atoms with Crippen molar-refractivity contribution in [2.45, 2.75) is 70.2 Å². The molecule has 13 heteroatoms. The van der Waals surface area contributed by atoms with Gasteiger partial charge in [0.05, 0.1) is 6.10 Å². The molecule has 0 aliphatic carbocycles. The predicted octanol–water partition coefficient (Wildman–Crippen LogP) is 0.0924. The van der Waals surface area contributed by atoms with E-state index < -0.39 is 36.5 Å². The van der Waals surface area contributed by atoms with Gasteiger partial charge in [-0.2, -0.15) is 0 Å². The van der Waals surface area contributed by atoms with Crippen molar-refractivity contribution in [3.05, 3.63) is 41.5 Å². The number of unbranched alkanes of at least 4 members (excludes halogenated alkanes) is 1. The lowest BCUT2D eigenvalue weighted by atomic mass is 10.0. The fourth-order valence-electron chi connectivity index (χ4n) is 3.81. The number of allylic oxidation sites excluding steroid dienone is 1. The third-order valence-electron chi connectivity index (χ3n) is 6.08. The van der Waals surface area contributed by atoms with Gasteiger partial charge in [0.2, 0.25) is 18.1 Å². The number of aryl methyl sites for hydroxylation is 1. The molecule has 0 radical (unpaired) electrons. The van der Waals surface area contributed by atoms with Crippen molar-refractivity contribution in [1.82, 2.24) is 10.2 Å². The van der Waals surface area contributed by atoms with Gasteiger partial charge >= 0.3 is 11.9 Å². The molecule has 0 bridgehead atoms. The molecular weight excluding hydrogens is 528 g/mol. The number of hydrogen-bond donors (Lipinski definition) is 4. The molecule has 0 aromatic heterocycles. The molecule has 1 fully saturated rings. The van der Waals surface area contributed by atoms with Crippen molar-refractivity contribution in [3.8, 4) is 5.75 Å². The van der Waals surface area contributed by atoms with Crippen LogP contribution in [0.2, 0.25) is 0 Å². The van der Waals surface area contributed by atoms with Crippen LogP contribution >= 0.6 is 0 Å². The first-order chi connectivity index (χ1) is 19.0. The molecule has 4 atom stereocenters. The molecule has 3 unspecified atom stereocenters. The number of aliphatic hydroxyl groups is 2. The Morgan fingerprint density at radius 3 is 2.62 bits per heavy atom. The van der Waals surface area contributed by atoms with Gasteiger partial charge in [-0.05, 0) is 43.0 Å². The van der Waals surface area contributed by atoms with Crippen LogP contribution in [0, 0.1) is 0 Å². The third kappa shape index (κ3) is 10.8. The Labute approximate surface area is 231 Å². The van der Waals surface area contributed by atoms with Crippen molar-refractivity contribution < 1.29 is 53.5 Å². The Morgan fingerprint density at radius 1 is 1.20 bits per heavy atom. The highest BCUT2D eigenvalue weighted by molar-refractivity contribution is 5.91. The summed E-state index contributed by atoms with van der Waals surface area (Å²) in [6.45, 7) is 1.77. The average molecular weight is 565 g/mol. The van der Waals surface area contributed by atoms with Crippen LogP contribution in [0.5, 0.6) is 5.75 Å². The van der Waals surface area contributed by atoms with Gasteiger partial charge in [0.25, 0.3) is 0 Å². The number of nitrogens with one attached hydrogen (secondary N) is 1. The van der Waals surface area contributed by atoms with Gasteiger partial charge in [-0.3, -0.25) is 19.2 Å². The summed E-state index contributed by atoms with van der Waals surface area (Å²) in [6, 6.07) is 5.10. The fourth-order valence-corrected chi connectivity index (χ4v) is 3.81. The van der Waals surface area contributed by atoms with Crippen LogP contribution in [0.3, 0.4) is 0 Å². The topological polar surface area (TPSA) is 189 Å². The summed E-state index contributed by atoms with van der Waals surface area (Å²) < 4.78 is 16.1. The number of carbonyl (C=O) groups excluding carboxylic acids is 4. The number of nitrogens with zero attached hydrogens (tertiary/aromatic N) is 1. The summed E-state index contributed by atoms with van der Waals surface area (Å²) >= 11 is 0. The Bertz CT molecular complexity index is 1070. The maximum absolute atomic E-state index is 12.0. The molecule has 0 spiro atoms. The number of carbonyl (C=O) groups is 5. The SMILES string of the molecule is CC(=O)OCc1cc(CCCCNC(=O)CCN(C)C(=O)/C=C\C=O)ccc1OC1OC(C(=O)O)CC(O)[C@H]1O. The molecule has 1 saturated heterocycles. The number of likely N-dealkylation sites (N-methyl/N-ethyl adjacent to an activating group) is 1. The Hall–Kier alpha value is -3.81. The summed E-state index contributed by atoms with van der Waals surface area (Å²) in [6.07, 6.45) is -1.03. The Kier molecular flexibility index (Phi) is 13.2. The summed E-state index contributed by atoms with van der Waals surface area (Å²) in [5.41, 5.74) is 1.35. The largest absolute Gasteiger partial charge is 0.479 e. The van der Waals surface area contributed by atoms with E-state index in [9.17, 15) is 39.3 Å². The number of amides is 2. The van der Waals surface area contributed by atoms with Gasteiger partial charge in [0.1, 0.15) is 24.7 Å². The number of benzene rings is 1. The number of aliphatic hydroxyl groups excluding tert-OH is 2. The lowest BCUT2D eigenvalue weighted by molar-refractivity contribution is -0.238. The molecule has 1 aliphatic heterocycles. The normalized spacial score (nSPS) is 20.5. The molecule has 0 saturated carbocycles. The predicted molar refractivity (Wildman–Crippen MR) is 139 cm³/mol. The van der Waals surface area contributed by atoms with Crippen molar-refractivity contribution in [2.75, 3.05) is 20.1 Å². The molecule has 4 N–H and O–H groups in total. The maximum Gasteiger partial charge on any atom is 0.333 e. The van der Waals surface area contributed by atoms with Crippen LogP contribution in [-0.4, -0.2) is 95.0 Å². The monoisotopic (exact) mass is 564 g/mol. The first-order valence-electron chi connectivity index (χ1n) is 12.8. The number of hydrogen-bond acceptors (Lipinski definition) is 10. The van der Waals surface area contributed by atoms with E-state index in [2.05, 4.69) is 5.32 Å². The number of carboxylic acids is 1. The van der Waals surface area contributed by atoms with E-state index in [1.807, 2.05) is 0 Å². The van der Waals surface area contributed by atoms with Crippen LogP contribution in [0.25, 0.3) is 0 Å². The van der Waals surface area contributed by atoms with Crippen LogP contribution in [0.4, 0.5) is 0 Å². The number of carboxylic acid groups (broad SMARTS) is 1. The zero-order chi connectivity index (χ0) is 29.7. The molecule has 1 aromatic rings. The summed E-state index contributed by atoms with van der Waals surface area (Å²) in [5.74, 6) is -2.18. The Balaban J connectivity index is 1.89. The zero-order valence-electron chi connectivity index (χ0n) is 22.5. The smallest absolute Gasteiger partial charge is 0.333 e. The van der Waals surface area contributed by atoms with E-state index in [0.717, 1.165) is 24.1 Å². The van der Waals surface area contributed by atoms with Crippen LogP contribution in [-0.2, 0) is 46.5 Å². The lowest BCUT2D eigenvalue weighted by Gasteiger charge is -2.35. The third-order valence-corrected chi connectivity index (χ3v) is 6.08. The van der Waals surface area contributed by atoms with Crippen molar-refractivity contribution >= 4 is 30.0 Å². The molecule has 40 heavy (non-hydrogen) atoms. The van der Waals surface area contributed by atoms with E-state index in [1.54, 1.807) is 18.2 Å². The number of aldehydes is 1. The first-order valence-corrected chi connectivity index (χ1v) is 12.8. The van der Waals surface area contributed by atoms with Crippen LogP contribution in [0.15, 0.2) is 30.4 Å². The number of aliphatic carboxylic acids is 1. The molecule has 2 amide bonds.